The number of allylic oxidation sites excluding steroid dienone is 3. The molecule has 4 N–H and O–H groups in total. The SMILES string of the molecule is C/C1=C\C=C\[C@@H](CO)[C@@]2(O)CC(OC(=O)N2)[C@@H](C)C2OC2(C)[C@@H](OC(=O)[C@H](C)N(C)C(=O)CCS)CC(=O)N(C)c2cc(cc(CO)c2Cl)C1. The fraction of sp³-hybridized carbons (Fsp3) is 0.600. The first-order valence-electron chi connectivity index (χ1n) is 16.6. The van der Waals surface area contributed by atoms with Gasteiger partial charge in [0.1, 0.15) is 23.9 Å². The lowest BCUT2D eigenvalue weighted by atomic mass is 9.81. The fourth-order valence-corrected chi connectivity index (χ4v) is 7.07. The predicted octanol–water partition coefficient (Wildman–Crippen LogP) is 2.91. The van der Waals surface area contributed by atoms with Crippen LogP contribution >= 0.6 is 24.2 Å². The minimum atomic E-state index is -1.86. The number of thiol groups is 1. The number of rotatable bonds is 7. The molecule has 276 valence electrons. The molecule has 3 aliphatic rings. The highest BCUT2D eigenvalue weighted by Crippen LogP contribution is 2.49. The molecule has 50 heavy (non-hydrogen) atoms. The van der Waals surface area contributed by atoms with E-state index in [1.165, 1.54) is 30.8 Å². The summed E-state index contributed by atoms with van der Waals surface area (Å²) in [6.07, 6.45) is 1.58. The van der Waals surface area contributed by atoms with Gasteiger partial charge in [0.25, 0.3) is 0 Å². The number of amides is 3. The third-order valence-electron chi connectivity index (χ3n) is 10.1. The molecular weight excluding hydrogens is 690 g/mol. The maximum Gasteiger partial charge on any atom is 0.409 e. The number of halogens is 1. The normalized spacial score (nSPS) is 32.4. The summed E-state index contributed by atoms with van der Waals surface area (Å²) in [5.74, 6) is -2.70. The van der Waals surface area contributed by atoms with Crippen molar-refractivity contribution in [3.8, 4) is 0 Å². The summed E-state index contributed by atoms with van der Waals surface area (Å²) in [5, 5.41) is 34.7. The van der Waals surface area contributed by atoms with Gasteiger partial charge in [-0.15, -0.1) is 0 Å². The van der Waals surface area contributed by atoms with E-state index in [2.05, 4.69) is 17.9 Å². The van der Waals surface area contributed by atoms with Crippen LogP contribution in [-0.4, -0.2) is 106 Å². The van der Waals surface area contributed by atoms with Crippen molar-refractivity contribution in [1.29, 1.82) is 0 Å². The lowest BCUT2D eigenvalue weighted by Gasteiger charge is -2.42. The third kappa shape index (κ3) is 8.48. The third-order valence-corrected chi connectivity index (χ3v) is 10.7. The van der Waals surface area contributed by atoms with Gasteiger partial charge in [0, 0.05) is 38.8 Å². The highest BCUT2D eigenvalue weighted by molar-refractivity contribution is 7.80. The number of likely N-dealkylation sites (N-methyl/N-ethyl adjacent to an activating group) is 1. The molecule has 3 amide bonds. The molecule has 1 aromatic carbocycles. The number of carbonyl (C=O) groups excluding carboxylic acids is 4. The number of hydrogen-bond donors (Lipinski definition) is 5. The van der Waals surface area contributed by atoms with Crippen molar-refractivity contribution >= 4 is 53.8 Å². The first kappa shape index (κ1) is 39.6. The number of carbonyl (C=O) groups is 4. The number of nitrogens with one attached hydrogen (secondary N) is 1. The molecular formula is C35H48ClN3O10S. The number of aliphatic hydroxyl groups is 3. The number of benzene rings is 1. The largest absolute Gasteiger partial charge is 0.457 e. The number of fused-ring (bicyclic) bond motifs is 5. The smallest absolute Gasteiger partial charge is 0.409 e. The first-order valence-corrected chi connectivity index (χ1v) is 17.6. The van der Waals surface area contributed by atoms with Gasteiger partial charge in [-0.2, -0.15) is 12.6 Å². The van der Waals surface area contributed by atoms with Crippen LogP contribution < -0.4 is 10.2 Å². The Labute approximate surface area is 303 Å². The summed E-state index contributed by atoms with van der Waals surface area (Å²) in [4.78, 5) is 55.4. The summed E-state index contributed by atoms with van der Waals surface area (Å²) in [7, 11) is 3.02. The quantitative estimate of drug-likeness (QED) is 0.159. The Morgan fingerprint density at radius 3 is 2.62 bits per heavy atom. The van der Waals surface area contributed by atoms with Crippen LogP contribution in [0, 0.1) is 11.8 Å². The average molecular weight is 738 g/mol. The van der Waals surface area contributed by atoms with E-state index in [9.17, 15) is 34.5 Å². The number of epoxide rings is 1. The summed E-state index contributed by atoms with van der Waals surface area (Å²) in [6.45, 7) is 5.99. The fourth-order valence-electron chi connectivity index (χ4n) is 6.58. The van der Waals surface area contributed by atoms with E-state index in [0.29, 0.717) is 23.4 Å². The first-order chi connectivity index (χ1) is 23.5. The summed E-state index contributed by atoms with van der Waals surface area (Å²) in [6, 6.07) is 2.49. The van der Waals surface area contributed by atoms with Crippen molar-refractivity contribution in [3.63, 3.8) is 0 Å². The number of hydrogen-bond acceptors (Lipinski definition) is 11. The lowest BCUT2D eigenvalue weighted by Crippen LogP contribution is -2.62. The number of ether oxygens (including phenoxy) is 3. The van der Waals surface area contributed by atoms with E-state index < -0.39 is 72.1 Å². The van der Waals surface area contributed by atoms with E-state index in [4.69, 9.17) is 25.8 Å². The molecule has 0 saturated carbocycles. The zero-order valence-corrected chi connectivity index (χ0v) is 30.9. The molecule has 3 unspecified atom stereocenters. The van der Waals surface area contributed by atoms with Crippen molar-refractivity contribution in [2.45, 2.75) is 95.7 Å². The van der Waals surface area contributed by atoms with Gasteiger partial charge in [-0.25, -0.2) is 9.59 Å². The number of aliphatic hydroxyl groups excluding tert-OH is 2. The minimum Gasteiger partial charge on any atom is -0.457 e. The number of alkyl carbamates (subject to hydrolysis) is 1. The van der Waals surface area contributed by atoms with Crippen molar-refractivity contribution in [1.82, 2.24) is 10.2 Å². The molecule has 1 aromatic rings. The van der Waals surface area contributed by atoms with Crippen molar-refractivity contribution in [3.05, 3.63) is 52.1 Å². The summed E-state index contributed by atoms with van der Waals surface area (Å²) >= 11 is 10.8. The van der Waals surface area contributed by atoms with Crippen LogP contribution in [0.2, 0.25) is 5.02 Å². The summed E-state index contributed by atoms with van der Waals surface area (Å²) in [5.41, 5.74) is -0.716. The van der Waals surface area contributed by atoms with Gasteiger partial charge in [-0.1, -0.05) is 48.4 Å². The lowest BCUT2D eigenvalue weighted by molar-refractivity contribution is -0.161. The monoisotopic (exact) mass is 737 g/mol. The highest BCUT2D eigenvalue weighted by Gasteiger charge is 2.64. The van der Waals surface area contributed by atoms with Gasteiger partial charge < -0.3 is 39.3 Å². The molecule has 8 atom stereocenters. The molecule has 0 aromatic heterocycles. The van der Waals surface area contributed by atoms with Crippen LogP contribution in [0.5, 0.6) is 0 Å². The molecule has 2 saturated heterocycles. The van der Waals surface area contributed by atoms with E-state index in [-0.39, 0.29) is 36.8 Å². The Bertz CT molecular complexity index is 1540. The van der Waals surface area contributed by atoms with Crippen molar-refractivity contribution < 1.29 is 48.7 Å². The van der Waals surface area contributed by atoms with Gasteiger partial charge in [0.05, 0.1) is 36.4 Å². The topological polar surface area (TPSA) is 178 Å². The van der Waals surface area contributed by atoms with Gasteiger partial charge in [-0.3, -0.25) is 14.9 Å². The molecule has 3 aliphatic heterocycles. The van der Waals surface area contributed by atoms with Crippen LogP contribution in [0.25, 0.3) is 0 Å². The molecule has 15 heteroatoms. The maximum absolute atomic E-state index is 14.0. The van der Waals surface area contributed by atoms with Gasteiger partial charge in [0.2, 0.25) is 11.8 Å². The standard InChI is InChI=1S/C35H48ClN3O10S/c1-19-8-7-9-24(18-41)35(46)16-26(47-33(45)37-35)20(2)31-34(4,49-31)27(48-32(44)21(3)38(5)28(42)10-11-50)15-29(43)39(6)25-14-22(12-19)13-23(17-40)30(25)36/h7-9,13-14,20-21,24,26-27,31,40-41,46,50H,10-12,15-18H2,1-6H3,(H,37,45)/b9-7+,19-8+/t20-,21+,24+,26?,27+,31?,34?,35+/m1/s1. The second-order valence-electron chi connectivity index (χ2n) is 13.6. The van der Waals surface area contributed by atoms with E-state index in [1.54, 1.807) is 44.2 Å². The van der Waals surface area contributed by atoms with Crippen molar-refractivity contribution in [2.24, 2.45) is 11.8 Å². The zero-order chi connectivity index (χ0) is 37.1. The number of nitrogens with zero attached hydrogens (tertiary/aromatic N) is 2. The average Bonchev–Trinajstić information content (AvgIpc) is 3.76. The highest BCUT2D eigenvalue weighted by atomic mass is 35.5. The molecule has 0 spiro atoms. The van der Waals surface area contributed by atoms with Gasteiger partial charge >= 0.3 is 12.1 Å². The Morgan fingerprint density at radius 1 is 1.28 bits per heavy atom. The Hall–Kier alpha value is -3.14. The van der Waals surface area contributed by atoms with Crippen LogP contribution in [0.3, 0.4) is 0 Å². The Morgan fingerprint density at radius 2 is 1.98 bits per heavy atom. The second kappa shape index (κ2) is 16.0. The molecule has 4 rings (SSSR count). The number of anilines is 1. The number of esters is 1. The zero-order valence-electron chi connectivity index (χ0n) is 29.2. The molecule has 0 aliphatic carbocycles. The molecule has 0 radical (unpaired) electrons. The van der Waals surface area contributed by atoms with E-state index in [0.717, 1.165) is 11.1 Å². The van der Waals surface area contributed by atoms with Crippen LogP contribution in [0.15, 0.2) is 35.9 Å². The molecule has 13 nitrogen and oxygen atoms in total. The molecule has 3 heterocycles. The van der Waals surface area contributed by atoms with Gasteiger partial charge in [0.15, 0.2) is 5.72 Å². The van der Waals surface area contributed by atoms with Crippen molar-refractivity contribution in [2.75, 3.05) is 31.4 Å². The van der Waals surface area contributed by atoms with E-state index >= 15 is 0 Å². The Kier molecular flexibility index (Phi) is 12.7. The van der Waals surface area contributed by atoms with Crippen LogP contribution in [-0.2, 0) is 41.6 Å². The summed E-state index contributed by atoms with van der Waals surface area (Å²) < 4.78 is 17.8. The molecule has 4 bridgehead atoms. The Balaban J connectivity index is 1.78. The second-order valence-corrected chi connectivity index (χ2v) is 14.5. The minimum absolute atomic E-state index is 0.0937. The van der Waals surface area contributed by atoms with Crippen LogP contribution in [0.4, 0.5) is 10.5 Å². The van der Waals surface area contributed by atoms with E-state index in [1.807, 2.05) is 6.92 Å². The van der Waals surface area contributed by atoms with Crippen LogP contribution in [0.1, 0.15) is 58.1 Å². The maximum atomic E-state index is 14.0. The van der Waals surface area contributed by atoms with Gasteiger partial charge in [-0.05, 0) is 50.1 Å². The molecule has 2 fully saturated rings. The predicted molar refractivity (Wildman–Crippen MR) is 189 cm³/mol.